The number of halogens is 2. The lowest BCUT2D eigenvalue weighted by atomic mass is 10.1. The summed E-state index contributed by atoms with van der Waals surface area (Å²) >= 11 is 1.18. The van der Waals surface area contributed by atoms with Gasteiger partial charge in [0.1, 0.15) is 28.2 Å². The van der Waals surface area contributed by atoms with Gasteiger partial charge >= 0.3 is 0 Å². The zero-order valence-electron chi connectivity index (χ0n) is 18.4. The number of rotatable bonds is 9. The molecule has 170 valence electrons. The average molecular weight is 469 g/mol. The number of nitrogens with zero attached hydrogens (tertiary/aromatic N) is 4. The molecular weight excluding hydrogens is 446 g/mol. The van der Waals surface area contributed by atoms with Crippen LogP contribution in [-0.2, 0) is 12.3 Å². The largest absolute Gasteiger partial charge is 0.496 e. The smallest absolute Gasteiger partial charge is 0.280 e. The number of ether oxygens (including phenoxy) is 1. The lowest BCUT2D eigenvalue weighted by molar-refractivity contribution is 0.104. The number of hydrogen-bond donors (Lipinski definition) is 0. The van der Waals surface area contributed by atoms with Gasteiger partial charge < -0.3 is 4.74 Å². The van der Waals surface area contributed by atoms with Gasteiger partial charge in [0.15, 0.2) is 0 Å². The Morgan fingerprint density at radius 3 is 2.76 bits per heavy atom. The quantitative estimate of drug-likeness (QED) is 0.231. The van der Waals surface area contributed by atoms with Gasteiger partial charge in [0.05, 0.1) is 12.7 Å². The first-order valence-electron chi connectivity index (χ1n) is 10.1. The van der Waals surface area contributed by atoms with E-state index in [1.807, 2.05) is 25.1 Å². The number of carbonyl (C=O) groups is 1. The van der Waals surface area contributed by atoms with Gasteiger partial charge in [-0.1, -0.05) is 12.1 Å². The van der Waals surface area contributed by atoms with E-state index in [1.54, 1.807) is 36.0 Å². The molecule has 3 rings (SSSR count). The van der Waals surface area contributed by atoms with Gasteiger partial charge in [0.25, 0.3) is 6.43 Å². The third-order valence-corrected chi connectivity index (χ3v) is 5.88. The molecule has 0 aliphatic rings. The van der Waals surface area contributed by atoms with E-state index < -0.39 is 6.43 Å². The number of carbonyl (C=O) groups excluding carboxylic acids is 1. The summed E-state index contributed by atoms with van der Waals surface area (Å²) in [7, 11) is 1.53. The SMILES string of the molecule is CCn1ccc(C(=O)/C=C/c2ccc(OC)c(CSc3nc(C(F)F)cc(C)c3C#N)c2)n1. The highest BCUT2D eigenvalue weighted by molar-refractivity contribution is 7.98. The van der Waals surface area contributed by atoms with Gasteiger partial charge in [0.2, 0.25) is 5.78 Å². The van der Waals surface area contributed by atoms with Gasteiger partial charge in [-0.05, 0) is 55.3 Å². The normalized spacial score (nSPS) is 11.2. The molecule has 0 spiro atoms. The number of ketones is 1. The average Bonchev–Trinajstić information content (AvgIpc) is 3.30. The Balaban J connectivity index is 1.82. The fraction of sp³-hybridized carbons (Fsp3) is 0.250. The maximum atomic E-state index is 13.2. The molecule has 2 aromatic heterocycles. The molecule has 2 heterocycles. The Morgan fingerprint density at radius 1 is 1.33 bits per heavy atom. The van der Waals surface area contributed by atoms with Crippen molar-refractivity contribution in [2.75, 3.05) is 7.11 Å². The van der Waals surface area contributed by atoms with Gasteiger partial charge in [-0.25, -0.2) is 13.8 Å². The molecule has 0 unspecified atom stereocenters. The van der Waals surface area contributed by atoms with Crippen molar-refractivity contribution in [1.82, 2.24) is 14.8 Å². The van der Waals surface area contributed by atoms with Crippen molar-refractivity contribution in [3.8, 4) is 11.8 Å². The molecule has 0 radical (unpaired) electrons. The fourth-order valence-corrected chi connectivity index (χ4v) is 4.15. The van der Waals surface area contributed by atoms with E-state index in [-0.39, 0.29) is 22.1 Å². The first-order chi connectivity index (χ1) is 15.9. The number of benzene rings is 1. The first-order valence-corrected chi connectivity index (χ1v) is 11.1. The van der Waals surface area contributed by atoms with E-state index in [9.17, 15) is 18.8 Å². The van der Waals surface area contributed by atoms with Crippen LogP contribution >= 0.6 is 11.8 Å². The highest BCUT2D eigenvalue weighted by atomic mass is 32.2. The Kier molecular flexibility index (Phi) is 7.96. The molecule has 33 heavy (non-hydrogen) atoms. The Labute approximate surface area is 194 Å². The van der Waals surface area contributed by atoms with Gasteiger partial charge in [-0.15, -0.1) is 11.8 Å². The number of thioether (sulfide) groups is 1. The lowest BCUT2D eigenvalue weighted by Gasteiger charge is -2.12. The monoisotopic (exact) mass is 468 g/mol. The van der Waals surface area contributed by atoms with Gasteiger partial charge in [-0.3, -0.25) is 9.48 Å². The molecule has 0 aliphatic heterocycles. The van der Waals surface area contributed by atoms with E-state index >= 15 is 0 Å². The van der Waals surface area contributed by atoms with Crippen LogP contribution in [0.2, 0.25) is 0 Å². The van der Waals surface area contributed by atoms with Crippen LogP contribution in [0.5, 0.6) is 5.75 Å². The zero-order valence-corrected chi connectivity index (χ0v) is 19.2. The van der Waals surface area contributed by atoms with Gasteiger partial charge in [-0.2, -0.15) is 10.4 Å². The number of pyridine rings is 1. The van der Waals surface area contributed by atoms with Crippen LogP contribution in [0.1, 0.15) is 51.8 Å². The molecule has 3 aromatic rings. The maximum absolute atomic E-state index is 13.2. The Morgan fingerprint density at radius 2 is 2.12 bits per heavy atom. The highest BCUT2D eigenvalue weighted by Crippen LogP contribution is 2.32. The van der Waals surface area contributed by atoms with E-state index in [4.69, 9.17) is 4.74 Å². The third-order valence-electron chi connectivity index (χ3n) is 4.85. The molecule has 0 N–H and O–H groups in total. The van der Waals surface area contributed by atoms with Crippen LogP contribution in [0.4, 0.5) is 8.78 Å². The molecular formula is C24H22F2N4O2S. The van der Waals surface area contributed by atoms with Gasteiger partial charge in [0, 0.05) is 24.1 Å². The summed E-state index contributed by atoms with van der Waals surface area (Å²) in [6, 6.07) is 10.4. The Hall–Kier alpha value is -3.51. The summed E-state index contributed by atoms with van der Waals surface area (Å²) in [6.45, 7) is 4.23. The number of nitriles is 1. The van der Waals surface area contributed by atoms with E-state index in [0.29, 0.717) is 29.3 Å². The van der Waals surface area contributed by atoms with Crippen molar-refractivity contribution in [2.45, 2.75) is 37.6 Å². The number of alkyl halides is 2. The van der Waals surface area contributed by atoms with E-state index in [1.165, 1.54) is 31.0 Å². The summed E-state index contributed by atoms with van der Waals surface area (Å²) in [5, 5.41) is 13.9. The second kappa shape index (κ2) is 10.9. The first kappa shape index (κ1) is 24.1. The van der Waals surface area contributed by atoms with Crippen molar-refractivity contribution in [2.24, 2.45) is 0 Å². The zero-order chi connectivity index (χ0) is 24.0. The summed E-state index contributed by atoms with van der Waals surface area (Å²) in [4.78, 5) is 16.3. The molecule has 0 atom stereocenters. The van der Waals surface area contributed by atoms with Crippen LogP contribution in [0.25, 0.3) is 6.08 Å². The molecule has 0 amide bonds. The molecule has 0 aliphatic carbocycles. The Bertz CT molecular complexity index is 1230. The molecule has 0 fully saturated rings. The van der Waals surface area contributed by atoms with Crippen molar-refractivity contribution < 1.29 is 18.3 Å². The predicted molar refractivity (Wildman–Crippen MR) is 122 cm³/mol. The number of hydrogen-bond acceptors (Lipinski definition) is 6. The van der Waals surface area contributed by atoms with E-state index in [0.717, 1.165) is 11.1 Å². The van der Waals surface area contributed by atoms with Crippen molar-refractivity contribution in [3.63, 3.8) is 0 Å². The second-order valence-electron chi connectivity index (χ2n) is 7.07. The summed E-state index contributed by atoms with van der Waals surface area (Å²) in [6.07, 6.45) is 2.16. The van der Waals surface area contributed by atoms with Crippen molar-refractivity contribution in [3.05, 3.63) is 76.2 Å². The number of allylic oxidation sites excluding steroid dienone is 1. The lowest BCUT2D eigenvalue weighted by Crippen LogP contribution is -2.00. The molecule has 9 heteroatoms. The molecule has 1 aromatic carbocycles. The minimum atomic E-state index is -2.72. The standard InChI is InChI=1S/C24H22F2N4O2S/c1-4-30-10-9-19(29-30)21(31)7-5-16-6-8-22(32-3)17(12-16)14-33-24-18(13-27)15(2)11-20(28-24)23(25)26/h5-12,23H,4,14H2,1-3H3/b7-5+. The summed E-state index contributed by atoms with van der Waals surface area (Å²) in [5.74, 6) is 0.733. The maximum Gasteiger partial charge on any atom is 0.280 e. The summed E-state index contributed by atoms with van der Waals surface area (Å²) in [5.41, 5.74) is 2.27. The molecule has 0 bridgehead atoms. The number of methoxy groups -OCH3 is 1. The van der Waals surface area contributed by atoms with Crippen LogP contribution < -0.4 is 4.74 Å². The van der Waals surface area contributed by atoms with Crippen LogP contribution in [0.15, 0.2) is 47.6 Å². The molecule has 6 nitrogen and oxygen atoms in total. The van der Waals surface area contributed by atoms with Crippen molar-refractivity contribution >= 4 is 23.6 Å². The van der Waals surface area contributed by atoms with Crippen LogP contribution in [-0.4, -0.2) is 27.7 Å². The summed E-state index contributed by atoms with van der Waals surface area (Å²) < 4.78 is 33.4. The second-order valence-corrected chi connectivity index (χ2v) is 8.03. The minimum absolute atomic E-state index is 0.212. The topological polar surface area (TPSA) is 80.8 Å². The predicted octanol–water partition coefficient (Wildman–Crippen LogP) is 5.61. The highest BCUT2D eigenvalue weighted by Gasteiger charge is 2.17. The third kappa shape index (κ3) is 5.84. The van der Waals surface area contributed by atoms with Crippen LogP contribution in [0.3, 0.4) is 0 Å². The van der Waals surface area contributed by atoms with Crippen LogP contribution in [0, 0.1) is 18.3 Å². The molecule has 0 saturated carbocycles. The molecule has 0 saturated heterocycles. The number of aromatic nitrogens is 3. The fourth-order valence-electron chi connectivity index (χ4n) is 3.11. The minimum Gasteiger partial charge on any atom is -0.496 e. The van der Waals surface area contributed by atoms with E-state index in [2.05, 4.69) is 10.1 Å². The van der Waals surface area contributed by atoms with Crippen molar-refractivity contribution in [1.29, 1.82) is 5.26 Å². The number of aryl methyl sites for hydroxylation is 2.